The van der Waals surface area contributed by atoms with Crippen LogP contribution in [-0.2, 0) is 4.79 Å². The lowest BCUT2D eigenvalue weighted by Crippen LogP contribution is -2.30. The normalized spacial score (nSPS) is 11.3. The molecule has 0 aliphatic heterocycles. The van der Waals surface area contributed by atoms with E-state index < -0.39 is 23.6 Å². The highest BCUT2D eigenvalue weighted by Crippen LogP contribution is 2.36. The molecule has 9 heteroatoms. The van der Waals surface area contributed by atoms with Crippen LogP contribution in [0.3, 0.4) is 0 Å². The molecule has 0 saturated carbocycles. The summed E-state index contributed by atoms with van der Waals surface area (Å²) >= 11 is 6.43. The predicted molar refractivity (Wildman–Crippen MR) is 76.4 cm³/mol. The summed E-state index contributed by atoms with van der Waals surface area (Å²) in [5, 5.41) is 12.2. The van der Waals surface area contributed by atoms with E-state index in [1.807, 2.05) is 0 Å². The summed E-state index contributed by atoms with van der Waals surface area (Å²) in [5.41, 5.74) is 0.266. The number of halogens is 4. The van der Waals surface area contributed by atoms with Gasteiger partial charge in [-0.1, -0.05) is 23.7 Å². The average Bonchev–Trinajstić information content (AvgIpc) is 2.82. The number of aromatic carboxylic acids is 1. The Hall–Kier alpha value is -2.06. The zero-order chi connectivity index (χ0) is 16.5. The molecule has 4 nitrogen and oxygen atoms in total. The van der Waals surface area contributed by atoms with Gasteiger partial charge in [0.2, 0.25) is 0 Å². The lowest BCUT2D eigenvalue weighted by Gasteiger charge is -2.08. The SMILES string of the molecule is O=C(O)c1c(-c2ccc(Cl)cc2)csc1NC(=O)C(F)(F)F. The molecule has 1 amide bonds. The van der Waals surface area contributed by atoms with Gasteiger partial charge in [-0.15, -0.1) is 11.3 Å². The largest absolute Gasteiger partial charge is 0.478 e. The van der Waals surface area contributed by atoms with Crippen LogP contribution in [-0.4, -0.2) is 23.2 Å². The Bertz CT molecular complexity index is 725. The Kier molecular flexibility index (Phi) is 4.43. The second-order valence-electron chi connectivity index (χ2n) is 4.12. The summed E-state index contributed by atoms with van der Waals surface area (Å²) in [6.07, 6.45) is -5.10. The van der Waals surface area contributed by atoms with E-state index in [0.717, 1.165) is 0 Å². The standard InChI is InChI=1S/C13H7ClF3NO3S/c14-7-3-1-6(2-4-7)8-5-22-10(9(8)11(19)20)18-12(21)13(15,16)17/h1-5H,(H,18,21)(H,19,20). The quantitative estimate of drug-likeness (QED) is 0.869. The molecule has 22 heavy (non-hydrogen) atoms. The third-order valence-corrected chi connectivity index (χ3v) is 3.79. The van der Waals surface area contributed by atoms with Crippen LogP contribution >= 0.6 is 22.9 Å². The van der Waals surface area contributed by atoms with E-state index in [9.17, 15) is 27.9 Å². The number of alkyl halides is 3. The zero-order valence-corrected chi connectivity index (χ0v) is 12.1. The van der Waals surface area contributed by atoms with Gasteiger partial charge in [0.25, 0.3) is 0 Å². The van der Waals surface area contributed by atoms with Crippen molar-refractivity contribution in [3.8, 4) is 11.1 Å². The number of amides is 1. The van der Waals surface area contributed by atoms with Crippen LogP contribution in [0.1, 0.15) is 10.4 Å². The van der Waals surface area contributed by atoms with Gasteiger partial charge in [0.15, 0.2) is 0 Å². The minimum absolute atomic E-state index is 0.201. The monoisotopic (exact) mass is 349 g/mol. The third kappa shape index (κ3) is 3.40. The number of carboxylic acid groups (broad SMARTS) is 1. The number of benzene rings is 1. The maximum Gasteiger partial charge on any atom is 0.471 e. The molecular formula is C13H7ClF3NO3S. The van der Waals surface area contributed by atoms with Gasteiger partial charge in [-0.05, 0) is 17.7 Å². The summed E-state index contributed by atoms with van der Waals surface area (Å²) in [4.78, 5) is 22.3. The van der Waals surface area contributed by atoms with Gasteiger partial charge in [0.1, 0.15) is 10.6 Å². The van der Waals surface area contributed by atoms with Crippen LogP contribution in [0.5, 0.6) is 0 Å². The first-order valence-electron chi connectivity index (χ1n) is 5.69. The Morgan fingerprint density at radius 1 is 1.18 bits per heavy atom. The number of carbonyl (C=O) groups is 2. The second kappa shape index (κ2) is 5.98. The van der Waals surface area contributed by atoms with E-state index >= 15 is 0 Å². The van der Waals surface area contributed by atoms with Crippen LogP contribution in [0.4, 0.5) is 18.2 Å². The maximum absolute atomic E-state index is 12.3. The molecule has 2 rings (SSSR count). The molecule has 0 fully saturated rings. The number of hydrogen-bond acceptors (Lipinski definition) is 3. The number of nitrogens with one attached hydrogen (secondary N) is 1. The Labute approximate surface area is 131 Å². The number of thiophene rings is 1. The highest BCUT2D eigenvalue weighted by Gasteiger charge is 2.39. The smallest absolute Gasteiger partial charge is 0.471 e. The fraction of sp³-hybridized carbons (Fsp3) is 0.0769. The molecule has 1 aromatic heterocycles. The van der Waals surface area contributed by atoms with Gasteiger partial charge in [-0.3, -0.25) is 4.79 Å². The van der Waals surface area contributed by atoms with Gasteiger partial charge in [0, 0.05) is 16.0 Å². The van der Waals surface area contributed by atoms with Crippen LogP contribution in [0.25, 0.3) is 11.1 Å². The minimum Gasteiger partial charge on any atom is -0.478 e. The van der Waals surface area contributed by atoms with Crippen LogP contribution in [0.15, 0.2) is 29.6 Å². The van der Waals surface area contributed by atoms with E-state index in [0.29, 0.717) is 21.9 Å². The molecule has 0 unspecified atom stereocenters. The highest BCUT2D eigenvalue weighted by atomic mass is 35.5. The molecule has 0 aliphatic rings. The van der Waals surface area contributed by atoms with E-state index in [1.54, 1.807) is 5.32 Å². The first kappa shape index (κ1) is 16.3. The van der Waals surface area contributed by atoms with Crippen molar-refractivity contribution in [1.82, 2.24) is 0 Å². The van der Waals surface area contributed by atoms with Crippen molar-refractivity contribution < 1.29 is 27.9 Å². The van der Waals surface area contributed by atoms with Crippen molar-refractivity contribution in [3.05, 3.63) is 40.2 Å². The van der Waals surface area contributed by atoms with E-state index in [1.165, 1.54) is 29.6 Å². The highest BCUT2D eigenvalue weighted by molar-refractivity contribution is 7.15. The topological polar surface area (TPSA) is 66.4 Å². The number of hydrogen-bond donors (Lipinski definition) is 2. The van der Waals surface area contributed by atoms with E-state index in [4.69, 9.17) is 11.6 Å². The molecule has 1 heterocycles. The molecular weight excluding hydrogens is 343 g/mol. The lowest BCUT2D eigenvalue weighted by atomic mass is 10.0. The molecule has 1 aromatic carbocycles. The molecule has 0 saturated heterocycles. The van der Waals surface area contributed by atoms with Crippen molar-refractivity contribution in [2.24, 2.45) is 0 Å². The Morgan fingerprint density at radius 3 is 2.27 bits per heavy atom. The number of carbonyl (C=O) groups excluding carboxylic acids is 1. The number of carboxylic acids is 1. The first-order valence-corrected chi connectivity index (χ1v) is 6.95. The molecule has 0 radical (unpaired) electrons. The first-order chi connectivity index (χ1) is 10.2. The van der Waals surface area contributed by atoms with E-state index in [2.05, 4.69) is 0 Å². The predicted octanol–water partition coefficient (Wildman–Crippen LogP) is 4.27. The zero-order valence-electron chi connectivity index (χ0n) is 10.6. The minimum atomic E-state index is -5.10. The van der Waals surface area contributed by atoms with Crippen molar-refractivity contribution in [2.75, 3.05) is 5.32 Å². The second-order valence-corrected chi connectivity index (χ2v) is 5.43. The van der Waals surface area contributed by atoms with Crippen molar-refractivity contribution in [2.45, 2.75) is 6.18 Å². The van der Waals surface area contributed by atoms with Gasteiger partial charge in [0.05, 0.1) is 0 Å². The van der Waals surface area contributed by atoms with Gasteiger partial charge < -0.3 is 10.4 Å². The van der Waals surface area contributed by atoms with Crippen molar-refractivity contribution >= 4 is 39.8 Å². The van der Waals surface area contributed by atoms with Gasteiger partial charge in [-0.2, -0.15) is 13.2 Å². The van der Waals surface area contributed by atoms with Crippen molar-refractivity contribution in [1.29, 1.82) is 0 Å². The Morgan fingerprint density at radius 2 is 1.77 bits per heavy atom. The molecule has 0 aliphatic carbocycles. The molecule has 0 bridgehead atoms. The van der Waals surface area contributed by atoms with Gasteiger partial charge in [-0.25, -0.2) is 4.79 Å². The van der Waals surface area contributed by atoms with Crippen molar-refractivity contribution in [3.63, 3.8) is 0 Å². The average molecular weight is 350 g/mol. The van der Waals surface area contributed by atoms with Crippen LogP contribution in [0, 0.1) is 0 Å². The number of rotatable bonds is 3. The fourth-order valence-corrected chi connectivity index (χ4v) is 2.76. The Balaban J connectivity index is 2.44. The summed E-state index contributed by atoms with van der Waals surface area (Å²) in [6, 6.07) is 6.11. The summed E-state index contributed by atoms with van der Waals surface area (Å²) in [5.74, 6) is -3.66. The maximum atomic E-state index is 12.3. The lowest BCUT2D eigenvalue weighted by molar-refractivity contribution is -0.167. The summed E-state index contributed by atoms with van der Waals surface area (Å²) < 4.78 is 36.8. The molecule has 0 atom stereocenters. The van der Waals surface area contributed by atoms with E-state index in [-0.39, 0.29) is 10.6 Å². The van der Waals surface area contributed by atoms with Crippen LogP contribution < -0.4 is 5.32 Å². The summed E-state index contributed by atoms with van der Waals surface area (Å²) in [7, 11) is 0. The molecule has 0 spiro atoms. The molecule has 116 valence electrons. The number of anilines is 1. The van der Waals surface area contributed by atoms with Gasteiger partial charge >= 0.3 is 18.1 Å². The third-order valence-electron chi connectivity index (χ3n) is 2.64. The van der Waals surface area contributed by atoms with Crippen LogP contribution in [0.2, 0.25) is 5.02 Å². The molecule has 2 N–H and O–H groups in total. The summed E-state index contributed by atoms with van der Waals surface area (Å²) in [6.45, 7) is 0. The molecule has 2 aromatic rings. The fourth-order valence-electron chi connectivity index (χ4n) is 1.68.